The van der Waals surface area contributed by atoms with Crippen molar-refractivity contribution in [2.75, 3.05) is 10.0 Å². The van der Waals surface area contributed by atoms with Crippen LogP contribution in [0.1, 0.15) is 10.4 Å². The van der Waals surface area contributed by atoms with Crippen LogP contribution in [-0.4, -0.2) is 24.3 Å². The molecule has 5 rings (SSSR count). The molecular formula is C26H19ClN4O3S. The Balaban J connectivity index is 1.33. The van der Waals surface area contributed by atoms with E-state index in [0.29, 0.717) is 27.8 Å². The lowest BCUT2D eigenvalue weighted by Gasteiger charge is -2.11. The van der Waals surface area contributed by atoms with Crippen molar-refractivity contribution in [1.82, 2.24) is 9.97 Å². The van der Waals surface area contributed by atoms with Crippen LogP contribution < -0.4 is 10.0 Å². The van der Waals surface area contributed by atoms with E-state index in [1.165, 1.54) is 36.4 Å². The highest BCUT2D eigenvalue weighted by molar-refractivity contribution is 7.92. The summed E-state index contributed by atoms with van der Waals surface area (Å²) in [4.78, 5) is 20.9. The Hall–Kier alpha value is -4.14. The monoisotopic (exact) mass is 502 g/mol. The summed E-state index contributed by atoms with van der Waals surface area (Å²) in [6, 6.07) is 27.1. The Kier molecular flexibility index (Phi) is 5.98. The van der Waals surface area contributed by atoms with Gasteiger partial charge >= 0.3 is 0 Å². The van der Waals surface area contributed by atoms with Gasteiger partial charge in [0.2, 0.25) is 0 Å². The molecule has 7 nitrogen and oxygen atoms in total. The van der Waals surface area contributed by atoms with Crippen LogP contribution in [0.4, 0.5) is 11.4 Å². The Morgan fingerprint density at radius 2 is 1.51 bits per heavy atom. The van der Waals surface area contributed by atoms with Gasteiger partial charge in [0.15, 0.2) is 0 Å². The molecule has 35 heavy (non-hydrogen) atoms. The molecule has 0 unspecified atom stereocenters. The molecule has 0 saturated carbocycles. The summed E-state index contributed by atoms with van der Waals surface area (Å²) < 4.78 is 27.6. The predicted octanol–water partition coefficient (Wildman–Crippen LogP) is 5.94. The highest BCUT2D eigenvalue weighted by atomic mass is 35.5. The Bertz CT molecular complexity index is 1600. The number of carbonyl (C=O) groups excluding carboxylic acids is 1. The van der Waals surface area contributed by atoms with Crippen molar-refractivity contribution in [3.8, 4) is 11.4 Å². The van der Waals surface area contributed by atoms with Gasteiger partial charge in [0.25, 0.3) is 15.9 Å². The quantitative estimate of drug-likeness (QED) is 0.267. The average molecular weight is 503 g/mol. The average Bonchev–Trinajstić information content (AvgIpc) is 3.29. The molecule has 0 saturated heterocycles. The van der Waals surface area contributed by atoms with Crippen LogP contribution in [0.5, 0.6) is 0 Å². The van der Waals surface area contributed by atoms with Crippen LogP contribution in [0.25, 0.3) is 22.4 Å². The van der Waals surface area contributed by atoms with E-state index in [0.717, 1.165) is 16.6 Å². The van der Waals surface area contributed by atoms with Crippen LogP contribution in [0.3, 0.4) is 0 Å². The molecule has 0 fully saturated rings. The number of nitrogens with zero attached hydrogens (tertiary/aromatic N) is 1. The van der Waals surface area contributed by atoms with Crippen molar-refractivity contribution < 1.29 is 13.2 Å². The highest BCUT2D eigenvalue weighted by Crippen LogP contribution is 2.28. The lowest BCUT2D eigenvalue weighted by molar-refractivity contribution is 0.102. The number of benzene rings is 4. The zero-order chi connectivity index (χ0) is 24.4. The molecule has 5 aromatic rings. The molecule has 174 valence electrons. The van der Waals surface area contributed by atoms with Crippen LogP contribution in [0.15, 0.2) is 102 Å². The lowest BCUT2D eigenvalue weighted by Crippen LogP contribution is -2.14. The molecule has 0 aliphatic carbocycles. The molecule has 0 bridgehead atoms. The number of hydrogen-bond donors (Lipinski definition) is 3. The van der Waals surface area contributed by atoms with Crippen molar-refractivity contribution in [2.45, 2.75) is 4.90 Å². The number of carbonyl (C=O) groups is 1. The van der Waals surface area contributed by atoms with Crippen molar-refractivity contribution in [2.24, 2.45) is 0 Å². The number of amides is 1. The van der Waals surface area contributed by atoms with Gasteiger partial charge in [-0.3, -0.25) is 9.52 Å². The molecular weight excluding hydrogens is 484 g/mol. The van der Waals surface area contributed by atoms with E-state index in [9.17, 15) is 13.2 Å². The van der Waals surface area contributed by atoms with Gasteiger partial charge in [-0.1, -0.05) is 35.9 Å². The third-order valence-electron chi connectivity index (χ3n) is 5.34. The number of hydrogen-bond acceptors (Lipinski definition) is 4. The third kappa shape index (κ3) is 4.89. The largest absolute Gasteiger partial charge is 0.338 e. The molecule has 0 aliphatic rings. The summed E-state index contributed by atoms with van der Waals surface area (Å²) in [5.74, 6) is 0.315. The second kappa shape index (κ2) is 9.25. The molecule has 1 heterocycles. The van der Waals surface area contributed by atoms with Crippen molar-refractivity contribution in [1.29, 1.82) is 0 Å². The number of anilines is 2. The fourth-order valence-electron chi connectivity index (χ4n) is 3.59. The first-order chi connectivity index (χ1) is 16.9. The van der Waals surface area contributed by atoms with Gasteiger partial charge in [-0.05, 0) is 72.8 Å². The number of H-pyrrole nitrogens is 1. The van der Waals surface area contributed by atoms with Crippen molar-refractivity contribution in [3.63, 3.8) is 0 Å². The maximum atomic E-state index is 12.9. The Labute approximate surface area is 206 Å². The molecule has 0 radical (unpaired) electrons. The predicted molar refractivity (Wildman–Crippen MR) is 138 cm³/mol. The molecule has 4 aromatic carbocycles. The van der Waals surface area contributed by atoms with Gasteiger partial charge in [-0.2, -0.15) is 0 Å². The van der Waals surface area contributed by atoms with Gasteiger partial charge in [0.1, 0.15) is 5.82 Å². The zero-order valence-corrected chi connectivity index (χ0v) is 19.8. The summed E-state index contributed by atoms with van der Waals surface area (Å²) in [7, 11) is -3.78. The minimum atomic E-state index is -3.78. The lowest BCUT2D eigenvalue weighted by atomic mass is 10.1. The number of nitrogens with one attached hydrogen (secondary N) is 3. The minimum absolute atomic E-state index is 0.0888. The number of fused-ring (bicyclic) bond motifs is 1. The smallest absolute Gasteiger partial charge is 0.261 e. The maximum Gasteiger partial charge on any atom is 0.261 e. The van der Waals surface area contributed by atoms with Gasteiger partial charge in [-0.25, -0.2) is 13.4 Å². The summed E-state index contributed by atoms with van der Waals surface area (Å²) in [5.41, 5.74) is 3.80. The number of aromatic amines is 1. The van der Waals surface area contributed by atoms with Crippen LogP contribution in [-0.2, 0) is 10.0 Å². The van der Waals surface area contributed by atoms with E-state index in [4.69, 9.17) is 11.6 Å². The second-order valence-electron chi connectivity index (χ2n) is 7.74. The van der Waals surface area contributed by atoms with Gasteiger partial charge < -0.3 is 10.3 Å². The minimum Gasteiger partial charge on any atom is -0.338 e. The fourth-order valence-corrected chi connectivity index (χ4v) is 4.78. The van der Waals surface area contributed by atoms with E-state index in [1.54, 1.807) is 18.2 Å². The van der Waals surface area contributed by atoms with Crippen molar-refractivity contribution in [3.05, 3.63) is 108 Å². The van der Waals surface area contributed by atoms with E-state index in [2.05, 4.69) is 20.0 Å². The number of aromatic nitrogens is 2. The fraction of sp³-hybridized carbons (Fsp3) is 0. The third-order valence-corrected chi connectivity index (χ3v) is 6.99. The number of halogens is 1. The van der Waals surface area contributed by atoms with Crippen LogP contribution >= 0.6 is 11.6 Å². The molecule has 0 spiro atoms. The molecule has 0 aliphatic heterocycles. The zero-order valence-electron chi connectivity index (χ0n) is 18.2. The number of sulfonamides is 1. The Morgan fingerprint density at radius 1 is 0.829 bits per heavy atom. The van der Waals surface area contributed by atoms with E-state index < -0.39 is 10.0 Å². The number of rotatable bonds is 6. The van der Waals surface area contributed by atoms with Gasteiger partial charge in [0.05, 0.1) is 21.6 Å². The van der Waals surface area contributed by atoms with Crippen molar-refractivity contribution >= 4 is 49.9 Å². The second-order valence-corrected chi connectivity index (χ2v) is 9.86. The molecule has 9 heteroatoms. The molecule has 3 N–H and O–H groups in total. The maximum absolute atomic E-state index is 12.9. The van der Waals surface area contributed by atoms with Crippen LogP contribution in [0, 0.1) is 0 Å². The summed E-state index contributed by atoms with van der Waals surface area (Å²) in [5, 5.41) is 3.36. The summed E-state index contributed by atoms with van der Waals surface area (Å²) >= 11 is 5.83. The standard InChI is InChI=1S/C26H19ClN4O3S/c27-18-11-15-20(16-12-18)35(33,34)31-19-13-9-17(10-14-19)26(32)30-22-6-2-1-5-21(22)25-28-23-7-3-4-8-24(23)29-25/h1-16,31H,(H,28,29)(H,30,32). The highest BCUT2D eigenvalue weighted by Gasteiger charge is 2.16. The Morgan fingerprint density at radius 3 is 2.26 bits per heavy atom. The van der Waals surface area contributed by atoms with Gasteiger partial charge in [-0.15, -0.1) is 0 Å². The SMILES string of the molecule is O=C(Nc1ccccc1-c1nc2ccccc2[nH]1)c1ccc(NS(=O)(=O)c2ccc(Cl)cc2)cc1. The molecule has 1 aromatic heterocycles. The van der Waals surface area contributed by atoms with E-state index in [-0.39, 0.29) is 10.8 Å². The normalized spacial score (nSPS) is 11.3. The molecule has 1 amide bonds. The number of imidazole rings is 1. The number of para-hydroxylation sites is 3. The van der Waals surface area contributed by atoms with Crippen LogP contribution in [0.2, 0.25) is 5.02 Å². The first kappa shape index (κ1) is 22.6. The first-order valence-electron chi connectivity index (χ1n) is 10.6. The molecule has 0 atom stereocenters. The summed E-state index contributed by atoms with van der Waals surface area (Å²) in [6.45, 7) is 0. The van der Waals surface area contributed by atoms with E-state index >= 15 is 0 Å². The first-order valence-corrected chi connectivity index (χ1v) is 12.5. The van der Waals surface area contributed by atoms with Gasteiger partial charge in [0, 0.05) is 21.8 Å². The van der Waals surface area contributed by atoms with E-state index in [1.807, 2.05) is 42.5 Å². The summed E-state index contributed by atoms with van der Waals surface area (Å²) in [6.07, 6.45) is 0. The topological polar surface area (TPSA) is 104 Å².